The standard InChI is InChI=1S/C12H10ClN3O/c13-10-5-3-9(4-6-10)8-11-15-12(17-16-11)2-1-7-14/h3-6H,1-2,8H2. The highest BCUT2D eigenvalue weighted by atomic mass is 35.5. The number of halogens is 1. The molecule has 1 aromatic heterocycles. The molecule has 0 bridgehead atoms. The Hall–Kier alpha value is -1.86. The van der Waals surface area contributed by atoms with Crippen LogP contribution in [0.1, 0.15) is 23.7 Å². The summed E-state index contributed by atoms with van der Waals surface area (Å²) in [7, 11) is 0. The molecule has 0 aliphatic carbocycles. The van der Waals surface area contributed by atoms with Gasteiger partial charge in [-0.05, 0) is 17.7 Å². The van der Waals surface area contributed by atoms with Gasteiger partial charge in [0.15, 0.2) is 5.82 Å². The molecule has 0 unspecified atom stereocenters. The fourth-order valence-corrected chi connectivity index (χ4v) is 1.54. The third kappa shape index (κ3) is 3.30. The molecule has 0 saturated carbocycles. The van der Waals surface area contributed by atoms with Crippen molar-refractivity contribution in [3.63, 3.8) is 0 Å². The SMILES string of the molecule is N#CCCc1nc(Cc2ccc(Cl)cc2)no1. The van der Waals surface area contributed by atoms with E-state index in [1.54, 1.807) is 0 Å². The van der Waals surface area contributed by atoms with Gasteiger partial charge in [0.1, 0.15) is 0 Å². The molecule has 86 valence electrons. The van der Waals surface area contributed by atoms with E-state index in [0.717, 1.165) is 5.56 Å². The Bertz CT molecular complexity index is 527. The lowest BCUT2D eigenvalue weighted by atomic mass is 10.1. The van der Waals surface area contributed by atoms with Crippen LogP contribution in [0.2, 0.25) is 5.02 Å². The number of rotatable bonds is 4. The molecule has 2 rings (SSSR count). The molecule has 0 aliphatic rings. The summed E-state index contributed by atoms with van der Waals surface area (Å²) < 4.78 is 5.02. The van der Waals surface area contributed by atoms with Crippen molar-refractivity contribution in [1.82, 2.24) is 10.1 Å². The first kappa shape index (κ1) is 11.6. The molecule has 17 heavy (non-hydrogen) atoms. The maximum absolute atomic E-state index is 8.44. The summed E-state index contributed by atoms with van der Waals surface area (Å²) in [4.78, 5) is 4.20. The molecule has 1 heterocycles. The van der Waals surface area contributed by atoms with Crippen molar-refractivity contribution in [2.24, 2.45) is 0 Å². The molecule has 0 fully saturated rings. The minimum Gasteiger partial charge on any atom is -0.339 e. The fraction of sp³-hybridized carbons (Fsp3) is 0.250. The van der Waals surface area contributed by atoms with Crippen LogP contribution in [0.4, 0.5) is 0 Å². The van der Waals surface area contributed by atoms with Crippen molar-refractivity contribution in [2.75, 3.05) is 0 Å². The first-order valence-electron chi connectivity index (χ1n) is 5.21. The monoisotopic (exact) mass is 247 g/mol. The summed E-state index contributed by atoms with van der Waals surface area (Å²) in [6.45, 7) is 0. The van der Waals surface area contributed by atoms with E-state index in [9.17, 15) is 0 Å². The van der Waals surface area contributed by atoms with Crippen LogP contribution in [0.3, 0.4) is 0 Å². The zero-order valence-electron chi connectivity index (χ0n) is 9.06. The van der Waals surface area contributed by atoms with Crippen LogP contribution in [0, 0.1) is 11.3 Å². The average Bonchev–Trinajstić information content (AvgIpc) is 2.77. The van der Waals surface area contributed by atoms with E-state index in [-0.39, 0.29) is 0 Å². The molecular formula is C12H10ClN3O. The zero-order chi connectivity index (χ0) is 12.1. The highest BCUT2D eigenvalue weighted by Crippen LogP contribution is 2.12. The molecule has 0 N–H and O–H groups in total. The summed E-state index contributed by atoms with van der Waals surface area (Å²) in [6.07, 6.45) is 1.50. The number of hydrogen-bond donors (Lipinski definition) is 0. The van der Waals surface area contributed by atoms with E-state index < -0.39 is 0 Å². The average molecular weight is 248 g/mol. The Balaban J connectivity index is 2.01. The Morgan fingerprint density at radius 2 is 2.06 bits per heavy atom. The summed E-state index contributed by atoms with van der Waals surface area (Å²) in [5, 5.41) is 13.0. The van der Waals surface area contributed by atoms with Crippen molar-refractivity contribution < 1.29 is 4.52 Å². The van der Waals surface area contributed by atoms with Crippen LogP contribution in [-0.4, -0.2) is 10.1 Å². The predicted octanol–water partition coefficient (Wildman–Crippen LogP) is 2.77. The summed E-state index contributed by atoms with van der Waals surface area (Å²) in [6, 6.07) is 9.54. The van der Waals surface area contributed by atoms with Gasteiger partial charge in [-0.3, -0.25) is 0 Å². The highest BCUT2D eigenvalue weighted by Gasteiger charge is 2.06. The molecule has 4 nitrogen and oxygen atoms in total. The summed E-state index contributed by atoms with van der Waals surface area (Å²) >= 11 is 5.80. The summed E-state index contributed by atoms with van der Waals surface area (Å²) in [5.41, 5.74) is 1.07. The number of hydrogen-bond acceptors (Lipinski definition) is 4. The second kappa shape index (κ2) is 5.46. The molecular weight excluding hydrogens is 238 g/mol. The molecule has 0 aliphatic heterocycles. The second-order valence-electron chi connectivity index (χ2n) is 3.57. The van der Waals surface area contributed by atoms with E-state index in [1.165, 1.54) is 0 Å². The molecule has 0 saturated heterocycles. The maximum atomic E-state index is 8.44. The van der Waals surface area contributed by atoms with Crippen LogP contribution >= 0.6 is 11.6 Å². The van der Waals surface area contributed by atoms with Gasteiger partial charge in [-0.2, -0.15) is 10.2 Å². The van der Waals surface area contributed by atoms with Gasteiger partial charge in [0.25, 0.3) is 0 Å². The lowest BCUT2D eigenvalue weighted by Crippen LogP contribution is -1.91. The minimum atomic E-state index is 0.391. The zero-order valence-corrected chi connectivity index (χ0v) is 9.81. The van der Waals surface area contributed by atoms with Crippen molar-refractivity contribution in [2.45, 2.75) is 19.3 Å². The number of aromatic nitrogens is 2. The highest BCUT2D eigenvalue weighted by molar-refractivity contribution is 6.30. The maximum Gasteiger partial charge on any atom is 0.227 e. The molecule has 0 amide bonds. The van der Waals surface area contributed by atoms with E-state index in [4.69, 9.17) is 21.4 Å². The van der Waals surface area contributed by atoms with Crippen LogP contribution in [-0.2, 0) is 12.8 Å². The van der Waals surface area contributed by atoms with Crippen LogP contribution < -0.4 is 0 Å². The molecule has 0 atom stereocenters. The first-order valence-corrected chi connectivity index (χ1v) is 5.58. The van der Waals surface area contributed by atoms with Crippen molar-refractivity contribution in [3.05, 3.63) is 46.6 Å². The van der Waals surface area contributed by atoms with Gasteiger partial charge in [-0.25, -0.2) is 0 Å². The third-order valence-corrected chi connectivity index (χ3v) is 2.49. The van der Waals surface area contributed by atoms with Crippen molar-refractivity contribution in [1.29, 1.82) is 5.26 Å². The van der Waals surface area contributed by atoms with Crippen LogP contribution in [0.25, 0.3) is 0 Å². The van der Waals surface area contributed by atoms with Gasteiger partial charge in [0.2, 0.25) is 5.89 Å². The van der Waals surface area contributed by atoms with Crippen LogP contribution in [0.15, 0.2) is 28.8 Å². The third-order valence-electron chi connectivity index (χ3n) is 2.24. The Labute approximate surface area is 104 Å². The number of benzene rings is 1. The lowest BCUT2D eigenvalue weighted by Gasteiger charge is -1.95. The predicted molar refractivity (Wildman–Crippen MR) is 62.5 cm³/mol. The molecule has 2 aromatic rings. The quantitative estimate of drug-likeness (QED) is 0.833. The van der Waals surface area contributed by atoms with Crippen molar-refractivity contribution >= 4 is 11.6 Å². The normalized spacial score (nSPS) is 10.1. The van der Waals surface area contributed by atoms with Gasteiger partial charge in [-0.1, -0.05) is 28.9 Å². The van der Waals surface area contributed by atoms with Gasteiger partial charge >= 0.3 is 0 Å². The minimum absolute atomic E-state index is 0.391. The van der Waals surface area contributed by atoms with Gasteiger partial charge in [0.05, 0.1) is 6.07 Å². The number of aryl methyl sites for hydroxylation is 1. The Kier molecular flexibility index (Phi) is 3.73. The van der Waals surface area contributed by atoms with Crippen molar-refractivity contribution in [3.8, 4) is 6.07 Å². The fourth-order valence-electron chi connectivity index (χ4n) is 1.41. The van der Waals surface area contributed by atoms with Crippen LogP contribution in [0.5, 0.6) is 0 Å². The molecule has 0 spiro atoms. The van der Waals surface area contributed by atoms with Gasteiger partial charge < -0.3 is 4.52 Å². The molecule has 5 heteroatoms. The van der Waals surface area contributed by atoms with E-state index in [2.05, 4.69) is 10.1 Å². The molecule has 0 radical (unpaired) electrons. The Morgan fingerprint density at radius 1 is 1.29 bits per heavy atom. The smallest absolute Gasteiger partial charge is 0.227 e. The van der Waals surface area contributed by atoms with E-state index >= 15 is 0 Å². The van der Waals surface area contributed by atoms with Gasteiger partial charge in [0, 0.05) is 24.3 Å². The van der Waals surface area contributed by atoms with E-state index in [1.807, 2.05) is 30.3 Å². The number of nitrogens with zero attached hydrogens (tertiary/aromatic N) is 3. The summed E-state index contributed by atoms with van der Waals surface area (Å²) in [5.74, 6) is 1.13. The second-order valence-corrected chi connectivity index (χ2v) is 4.00. The molecule has 1 aromatic carbocycles. The largest absolute Gasteiger partial charge is 0.339 e. The number of nitriles is 1. The lowest BCUT2D eigenvalue weighted by molar-refractivity contribution is 0.375. The topological polar surface area (TPSA) is 62.7 Å². The van der Waals surface area contributed by atoms with Gasteiger partial charge in [-0.15, -0.1) is 0 Å². The first-order chi connectivity index (χ1) is 8.28. The Morgan fingerprint density at radius 3 is 2.76 bits per heavy atom. The van der Waals surface area contributed by atoms with E-state index in [0.29, 0.717) is 36.0 Å².